The van der Waals surface area contributed by atoms with E-state index in [0.717, 1.165) is 11.3 Å². The molecular formula is C26H24N2O6. The summed E-state index contributed by atoms with van der Waals surface area (Å²) in [4.78, 5) is 29.8. The van der Waals surface area contributed by atoms with Gasteiger partial charge in [0, 0.05) is 18.2 Å². The summed E-state index contributed by atoms with van der Waals surface area (Å²) in [5.74, 6) is -0.0636. The van der Waals surface area contributed by atoms with Gasteiger partial charge < -0.3 is 28.8 Å². The van der Waals surface area contributed by atoms with Crippen LogP contribution in [-0.4, -0.2) is 49.0 Å². The van der Waals surface area contributed by atoms with E-state index in [9.17, 15) is 14.7 Å². The second-order valence-electron chi connectivity index (χ2n) is 8.21. The van der Waals surface area contributed by atoms with Gasteiger partial charge in [0.25, 0.3) is 11.7 Å². The molecule has 1 fully saturated rings. The number of carbonyl (C=O) groups is 2. The monoisotopic (exact) mass is 460 g/mol. The molecule has 0 radical (unpaired) electrons. The van der Waals surface area contributed by atoms with Crippen molar-refractivity contribution in [3.8, 4) is 11.5 Å². The first-order chi connectivity index (χ1) is 16.5. The van der Waals surface area contributed by atoms with Gasteiger partial charge in [-0.3, -0.25) is 9.59 Å². The first kappa shape index (κ1) is 21.6. The number of hydrogen-bond acceptors (Lipinski definition) is 7. The third-order valence-electron chi connectivity index (χ3n) is 6.21. The zero-order valence-electron chi connectivity index (χ0n) is 18.9. The van der Waals surface area contributed by atoms with E-state index in [2.05, 4.69) is 0 Å². The lowest BCUT2D eigenvalue weighted by Crippen LogP contribution is -2.29. The van der Waals surface area contributed by atoms with Crippen LogP contribution in [0.1, 0.15) is 22.9 Å². The number of Topliss-reactive ketones (excluding diaryl/α,β-unsaturated/α-hetero) is 1. The summed E-state index contributed by atoms with van der Waals surface area (Å²) in [6.07, 6.45) is 1.48. The van der Waals surface area contributed by atoms with Crippen LogP contribution in [0.15, 0.2) is 70.9 Å². The van der Waals surface area contributed by atoms with Crippen LogP contribution in [0, 0.1) is 0 Å². The van der Waals surface area contributed by atoms with E-state index in [-0.39, 0.29) is 17.9 Å². The van der Waals surface area contributed by atoms with Crippen LogP contribution in [0.5, 0.6) is 11.5 Å². The Bertz CT molecular complexity index is 1280. The number of methoxy groups -OCH3 is 1. The second-order valence-corrected chi connectivity index (χ2v) is 8.21. The molecule has 0 aliphatic carbocycles. The van der Waals surface area contributed by atoms with E-state index >= 15 is 0 Å². The summed E-state index contributed by atoms with van der Waals surface area (Å²) in [5.41, 5.74) is 1.93. The number of aliphatic hydroxyl groups is 1. The molecule has 8 heteroatoms. The van der Waals surface area contributed by atoms with Gasteiger partial charge in [0.2, 0.25) is 0 Å². The molecule has 1 N–H and O–H groups in total. The smallest absolute Gasteiger partial charge is 0.296 e. The summed E-state index contributed by atoms with van der Waals surface area (Å²) >= 11 is 0. The number of rotatable bonds is 5. The molecule has 174 valence electrons. The average Bonchev–Trinajstić information content (AvgIpc) is 3.47. The number of likely N-dealkylation sites (N-methyl/N-ethyl adjacent to an activating group) is 1. The number of anilines is 1. The highest BCUT2D eigenvalue weighted by molar-refractivity contribution is 6.46. The predicted molar refractivity (Wildman–Crippen MR) is 125 cm³/mol. The van der Waals surface area contributed by atoms with Crippen molar-refractivity contribution in [2.75, 3.05) is 32.2 Å². The van der Waals surface area contributed by atoms with Gasteiger partial charge in [-0.1, -0.05) is 18.2 Å². The van der Waals surface area contributed by atoms with Crippen molar-refractivity contribution < 1.29 is 28.6 Å². The van der Waals surface area contributed by atoms with Crippen molar-refractivity contribution in [1.82, 2.24) is 4.90 Å². The summed E-state index contributed by atoms with van der Waals surface area (Å²) in [6, 6.07) is 15.0. The quantitative estimate of drug-likeness (QED) is 0.352. The highest BCUT2D eigenvalue weighted by atomic mass is 16.5. The molecule has 2 aliphatic rings. The maximum absolute atomic E-state index is 13.2. The highest BCUT2D eigenvalue weighted by Crippen LogP contribution is 2.42. The fourth-order valence-electron chi connectivity index (χ4n) is 4.46. The SMILES string of the molecule is COc1ccccc1CN1C(=O)C(=O)/C(=C(\O)c2ccc3c(c2)N(C)CCO3)C1c1ccco1. The van der Waals surface area contributed by atoms with Crippen molar-refractivity contribution in [3.63, 3.8) is 0 Å². The normalized spacial score (nSPS) is 19.2. The molecule has 1 amide bonds. The van der Waals surface area contributed by atoms with Gasteiger partial charge in [-0.15, -0.1) is 0 Å². The first-order valence-corrected chi connectivity index (χ1v) is 10.9. The molecule has 8 nitrogen and oxygen atoms in total. The van der Waals surface area contributed by atoms with Crippen LogP contribution in [0.2, 0.25) is 0 Å². The third-order valence-corrected chi connectivity index (χ3v) is 6.21. The van der Waals surface area contributed by atoms with Crippen LogP contribution >= 0.6 is 0 Å². The third kappa shape index (κ3) is 3.57. The molecule has 5 rings (SSSR count). The summed E-state index contributed by atoms with van der Waals surface area (Å²) in [6.45, 7) is 1.38. The van der Waals surface area contributed by atoms with Gasteiger partial charge in [0.05, 0.1) is 37.7 Å². The van der Waals surface area contributed by atoms with E-state index < -0.39 is 17.7 Å². The Labute approximate surface area is 196 Å². The number of hydrogen-bond donors (Lipinski definition) is 1. The minimum Gasteiger partial charge on any atom is -0.507 e. The molecule has 0 spiro atoms. The van der Waals surface area contributed by atoms with Crippen LogP contribution in [0.3, 0.4) is 0 Å². The Kier molecular flexibility index (Phi) is 5.49. The van der Waals surface area contributed by atoms with E-state index in [1.807, 2.05) is 30.1 Å². The number of nitrogens with zero attached hydrogens (tertiary/aromatic N) is 2. The van der Waals surface area contributed by atoms with Gasteiger partial charge in [0.1, 0.15) is 35.7 Å². The van der Waals surface area contributed by atoms with Crippen molar-refractivity contribution in [2.24, 2.45) is 0 Å². The molecule has 1 saturated heterocycles. The number of furan rings is 1. The maximum Gasteiger partial charge on any atom is 0.296 e. The lowest BCUT2D eigenvalue weighted by molar-refractivity contribution is -0.140. The Morgan fingerprint density at radius 2 is 1.97 bits per heavy atom. The fraction of sp³-hybridized carbons (Fsp3) is 0.231. The first-order valence-electron chi connectivity index (χ1n) is 10.9. The van der Waals surface area contributed by atoms with Crippen molar-refractivity contribution in [3.05, 3.63) is 83.3 Å². The molecule has 1 atom stereocenters. The second kappa shape index (κ2) is 8.62. The minimum atomic E-state index is -0.884. The number of amides is 1. The van der Waals surface area contributed by atoms with Gasteiger partial charge in [-0.25, -0.2) is 0 Å². The zero-order valence-corrected chi connectivity index (χ0v) is 18.9. The van der Waals surface area contributed by atoms with Crippen molar-refractivity contribution in [2.45, 2.75) is 12.6 Å². The summed E-state index contributed by atoms with van der Waals surface area (Å²) in [5, 5.41) is 11.3. The van der Waals surface area contributed by atoms with Crippen LogP contribution in [0.25, 0.3) is 5.76 Å². The predicted octanol–water partition coefficient (Wildman–Crippen LogP) is 3.74. The Morgan fingerprint density at radius 1 is 1.15 bits per heavy atom. The van der Waals surface area contributed by atoms with Crippen LogP contribution in [-0.2, 0) is 16.1 Å². The molecule has 1 unspecified atom stereocenters. The number of carbonyl (C=O) groups excluding carboxylic acids is 2. The lowest BCUT2D eigenvalue weighted by atomic mass is 9.98. The van der Waals surface area contributed by atoms with Gasteiger partial charge >= 0.3 is 0 Å². The Balaban J connectivity index is 1.61. The largest absolute Gasteiger partial charge is 0.507 e. The average molecular weight is 460 g/mol. The van der Waals surface area contributed by atoms with E-state index in [1.54, 1.807) is 43.5 Å². The van der Waals surface area contributed by atoms with Crippen molar-refractivity contribution >= 4 is 23.1 Å². The molecule has 0 bridgehead atoms. The summed E-state index contributed by atoms with van der Waals surface area (Å²) in [7, 11) is 3.48. The molecule has 1 aromatic heterocycles. The van der Waals surface area contributed by atoms with Crippen LogP contribution < -0.4 is 14.4 Å². The molecule has 34 heavy (non-hydrogen) atoms. The number of para-hydroxylation sites is 1. The maximum atomic E-state index is 13.2. The topological polar surface area (TPSA) is 92.5 Å². The van der Waals surface area contributed by atoms with Gasteiger partial charge in [-0.2, -0.15) is 0 Å². The van der Waals surface area contributed by atoms with Gasteiger partial charge in [0.15, 0.2) is 0 Å². The standard InChI is InChI=1S/C26H24N2O6/c1-27-11-13-34-20-10-9-16(14-18(20)27)24(29)22-23(21-8-5-12-33-21)28(26(31)25(22)30)15-17-6-3-4-7-19(17)32-2/h3-10,12,14,23,29H,11,13,15H2,1-2H3/b24-22-. The lowest BCUT2D eigenvalue weighted by Gasteiger charge is -2.28. The van der Waals surface area contributed by atoms with Crippen LogP contribution in [0.4, 0.5) is 5.69 Å². The van der Waals surface area contributed by atoms with Gasteiger partial charge in [-0.05, 0) is 36.4 Å². The van der Waals surface area contributed by atoms with E-state index in [1.165, 1.54) is 11.2 Å². The summed E-state index contributed by atoms with van der Waals surface area (Å²) < 4.78 is 16.7. The minimum absolute atomic E-state index is 0.0193. The molecule has 3 heterocycles. The molecule has 3 aromatic rings. The zero-order chi connectivity index (χ0) is 23.8. The number of ether oxygens (including phenoxy) is 2. The highest BCUT2D eigenvalue weighted by Gasteiger charge is 2.47. The molecule has 0 saturated carbocycles. The van der Waals surface area contributed by atoms with Crippen molar-refractivity contribution in [1.29, 1.82) is 0 Å². The van der Waals surface area contributed by atoms with E-state index in [0.29, 0.717) is 36.0 Å². The fourth-order valence-corrected chi connectivity index (χ4v) is 4.46. The number of benzene rings is 2. The number of aliphatic hydroxyl groups excluding tert-OH is 1. The van der Waals surface area contributed by atoms with E-state index in [4.69, 9.17) is 13.9 Å². The number of likely N-dealkylation sites (tertiary alicyclic amines) is 1. The molecular weight excluding hydrogens is 436 g/mol. The Hall–Kier alpha value is -4.20. The molecule has 2 aliphatic heterocycles. The molecule has 2 aromatic carbocycles. The Morgan fingerprint density at radius 3 is 2.74 bits per heavy atom. The number of fused-ring (bicyclic) bond motifs is 1. The number of ketones is 1.